The van der Waals surface area contributed by atoms with Crippen LogP contribution in [0.25, 0.3) is 11.6 Å². The average Bonchev–Trinajstić information content (AvgIpc) is 3.84. The van der Waals surface area contributed by atoms with Gasteiger partial charge >= 0.3 is 5.97 Å². The Bertz CT molecular complexity index is 1940. The van der Waals surface area contributed by atoms with E-state index in [0.29, 0.717) is 90.6 Å². The summed E-state index contributed by atoms with van der Waals surface area (Å²) >= 11 is 1.04. The van der Waals surface area contributed by atoms with Gasteiger partial charge in [-0.3, -0.25) is 14.4 Å². The number of amides is 3. The number of likely N-dealkylation sites (N-methyl/N-ethyl adjacent to an activating group) is 1. The fourth-order valence-corrected chi connectivity index (χ4v) is 6.78. The lowest BCUT2D eigenvalue weighted by atomic mass is 10.0. The molecule has 1 saturated heterocycles. The van der Waals surface area contributed by atoms with Crippen molar-refractivity contribution in [3.63, 3.8) is 0 Å². The molecule has 0 spiro atoms. The standard InChI is InChI=1S/C39H53N9O7S/c1-8-47(9-2)15-14-40-37(52)34-24(3)31(42-25(34)4)21-29-28-20-26(10-11-30(28)44-36(29)51)43-32(49)12-13-33(50)55-27(22-41-39(5,6)7)23-54-38-35(45-56-46-38)48-16-18-53-19-17-48/h10-13,20-21,27,41-42H,8-9,14-19,22-23H2,1-7H3,(H,40,52)(H,43,49)(H,44,51)/b13-12+,29-21-/t27-/m0/s1. The van der Waals surface area contributed by atoms with Crippen LogP contribution in [0.1, 0.15) is 67.5 Å². The van der Waals surface area contributed by atoms with Crippen LogP contribution >= 0.6 is 11.7 Å². The predicted molar refractivity (Wildman–Crippen MR) is 217 cm³/mol. The maximum Gasteiger partial charge on any atom is 0.331 e. The smallest absolute Gasteiger partial charge is 0.331 e. The maximum absolute atomic E-state index is 13.1. The molecule has 2 aliphatic rings. The number of hydrogen-bond donors (Lipinski definition) is 5. The number of H-pyrrole nitrogens is 1. The quantitative estimate of drug-likeness (QED) is 0.0985. The van der Waals surface area contributed by atoms with Crippen LogP contribution in [0.5, 0.6) is 5.88 Å². The molecule has 3 amide bonds. The molecule has 4 heterocycles. The summed E-state index contributed by atoms with van der Waals surface area (Å²) < 4.78 is 25.8. The largest absolute Gasteiger partial charge is 0.470 e. The van der Waals surface area contributed by atoms with Crippen molar-refractivity contribution in [3.8, 4) is 5.88 Å². The highest BCUT2D eigenvalue weighted by atomic mass is 32.1. The minimum absolute atomic E-state index is 0.0163. The summed E-state index contributed by atoms with van der Waals surface area (Å²) in [5, 5.41) is 11.9. The summed E-state index contributed by atoms with van der Waals surface area (Å²) in [5.41, 5.74) is 4.28. The zero-order valence-corrected chi connectivity index (χ0v) is 34.0. The number of hydrogen-bond acceptors (Lipinski definition) is 13. The molecule has 0 radical (unpaired) electrons. The molecule has 17 heteroatoms. The van der Waals surface area contributed by atoms with Crippen molar-refractivity contribution in [2.75, 3.05) is 81.2 Å². The number of morpholine rings is 1. The van der Waals surface area contributed by atoms with Crippen molar-refractivity contribution in [1.82, 2.24) is 29.3 Å². The van der Waals surface area contributed by atoms with Gasteiger partial charge in [0.2, 0.25) is 11.7 Å². The number of anilines is 3. The van der Waals surface area contributed by atoms with Gasteiger partial charge in [0.25, 0.3) is 17.7 Å². The third-order valence-corrected chi connectivity index (χ3v) is 9.84. The number of nitrogens with one attached hydrogen (secondary N) is 5. The topological polar surface area (TPSA) is 192 Å². The molecule has 0 bridgehead atoms. The lowest BCUT2D eigenvalue weighted by Gasteiger charge is -2.27. The summed E-state index contributed by atoms with van der Waals surface area (Å²) in [7, 11) is 0. The first-order valence-corrected chi connectivity index (χ1v) is 19.6. The van der Waals surface area contributed by atoms with E-state index >= 15 is 0 Å². The molecule has 1 aromatic carbocycles. The SMILES string of the molecule is CCN(CC)CCNC(=O)c1c(C)[nH]c(/C=C2\C(=O)Nc3ccc(NC(=O)/C=C/C(=O)O[C@@H](CNC(C)(C)C)COc4nsnc4N4CCOCC4)cc32)c1C. The fourth-order valence-electron chi connectivity index (χ4n) is 6.26. The van der Waals surface area contributed by atoms with Crippen LogP contribution in [0, 0.1) is 13.8 Å². The van der Waals surface area contributed by atoms with E-state index in [2.05, 4.69) is 53.7 Å². The minimum atomic E-state index is -0.725. The first-order valence-electron chi connectivity index (χ1n) is 18.9. The molecule has 0 aliphatic carbocycles. The van der Waals surface area contributed by atoms with Gasteiger partial charge in [0.05, 0.1) is 36.1 Å². The average molecular weight is 792 g/mol. The molecule has 5 rings (SSSR count). The molecule has 5 N–H and O–H groups in total. The molecule has 302 valence electrons. The van der Waals surface area contributed by atoms with E-state index in [0.717, 1.165) is 49.1 Å². The highest BCUT2D eigenvalue weighted by Crippen LogP contribution is 2.36. The van der Waals surface area contributed by atoms with Crippen molar-refractivity contribution in [2.24, 2.45) is 0 Å². The molecule has 0 unspecified atom stereocenters. The number of ether oxygens (including phenoxy) is 3. The summed E-state index contributed by atoms with van der Waals surface area (Å²) in [5.74, 6) is -0.796. The van der Waals surface area contributed by atoms with E-state index in [1.54, 1.807) is 24.3 Å². The molecule has 16 nitrogen and oxygen atoms in total. The van der Waals surface area contributed by atoms with E-state index < -0.39 is 18.0 Å². The second-order valence-corrected chi connectivity index (χ2v) is 15.1. The Morgan fingerprint density at radius 2 is 1.86 bits per heavy atom. The monoisotopic (exact) mass is 791 g/mol. The van der Waals surface area contributed by atoms with Crippen LogP contribution in [-0.2, 0) is 23.9 Å². The van der Waals surface area contributed by atoms with Gasteiger partial charge in [0.15, 0.2) is 0 Å². The van der Waals surface area contributed by atoms with Crippen LogP contribution in [0.2, 0.25) is 0 Å². The zero-order valence-electron chi connectivity index (χ0n) is 33.2. The van der Waals surface area contributed by atoms with Gasteiger partial charge in [-0.25, -0.2) is 4.79 Å². The van der Waals surface area contributed by atoms with Crippen LogP contribution in [0.15, 0.2) is 30.4 Å². The van der Waals surface area contributed by atoms with Gasteiger partial charge in [-0.05, 0) is 77.5 Å². The molecular formula is C39H53N9O7S. The number of carbonyl (C=O) groups is 4. The van der Waals surface area contributed by atoms with Crippen molar-refractivity contribution >= 4 is 64.3 Å². The number of fused-ring (bicyclic) bond motifs is 1. The Morgan fingerprint density at radius 1 is 1.11 bits per heavy atom. The van der Waals surface area contributed by atoms with E-state index in [4.69, 9.17) is 14.2 Å². The summed E-state index contributed by atoms with van der Waals surface area (Å²) in [4.78, 5) is 59.6. The maximum atomic E-state index is 13.1. The number of nitrogens with zero attached hydrogens (tertiary/aromatic N) is 4. The molecule has 2 aliphatic heterocycles. The van der Waals surface area contributed by atoms with Gasteiger partial charge in [-0.2, -0.15) is 4.37 Å². The van der Waals surface area contributed by atoms with Crippen LogP contribution in [-0.4, -0.2) is 120 Å². The molecule has 2 aromatic heterocycles. The molecule has 1 atom stereocenters. The highest BCUT2D eigenvalue weighted by molar-refractivity contribution is 6.99. The first kappa shape index (κ1) is 42.1. The third-order valence-electron chi connectivity index (χ3n) is 9.34. The number of benzene rings is 1. The molecule has 3 aromatic rings. The normalized spacial score (nSPS) is 15.6. The van der Waals surface area contributed by atoms with Crippen LogP contribution in [0.3, 0.4) is 0 Å². The summed E-state index contributed by atoms with van der Waals surface area (Å²) in [6.07, 6.45) is 3.16. The Morgan fingerprint density at radius 3 is 2.57 bits per heavy atom. The van der Waals surface area contributed by atoms with Crippen LogP contribution < -0.4 is 30.9 Å². The van der Waals surface area contributed by atoms with Crippen molar-refractivity contribution in [2.45, 2.75) is 60.1 Å². The lowest BCUT2D eigenvalue weighted by molar-refractivity contribution is -0.144. The number of aromatic nitrogens is 3. The molecular weight excluding hydrogens is 739 g/mol. The Balaban J connectivity index is 1.21. The van der Waals surface area contributed by atoms with E-state index in [1.807, 2.05) is 39.5 Å². The molecule has 0 saturated carbocycles. The molecule has 56 heavy (non-hydrogen) atoms. The summed E-state index contributed by atoms with van der Waals surface area (Å²) in [6, 6.07) is 5.03. The predicted octanol–water partition coefficient (Wildman–Crippen LogP) is 3.76. The number of aryl methyl sites for hydroxylation is 1. The number of carbonyl (C=O) groups excluding carboxylic acids is 4. The number of rotatable bonds is 17. The van der Waals surface area contributed by atoms with Gasteiger partial charge in [0, 0.05) is 78.7 Å². The van der Waals surface area contributed by atoms with E-state index in [-0.39, 0.29) is 24.0 Å². The third kappa shape index (κ3) is 11.2. The number of aromatic amines is 1. The zero-order chi connectivity index (χ0) is 40.4. The summed E-state index contributed by atoms with van der Waals surface area (Å²) in [6.45, 7) is 19.7. The van der Waals surface area contributed by atoms with E-state index in [1.165, 1.54) is 0 Å². The minimum Gasteiger partial charge on any atom is -0.470 e. The Kier molecular flexibility index (Phi) is 14.4. The van der Waals surface area contributed by atoms with Gasteiger partial charge in [-0.15, -0.1) is 4.37 Å². The Hall–Kier alpha value is -5.10. The van der Waals surface area contributed by atoms with Crippen molar-refractivity contribution < 1.29 is 33.4 Å². The number of esters is 1. The highest BCUT2D eigenvalue weighted by Gasteiger charge is 2.27. The van der Waals surface area contributed by atoms with Crippen LogP contribution in [0.4, 0.5) is 17.2 Å². The lowest BCUT2D eigenvalue weighted by Crippen LogP contribution is -2.44. The van der Waals surface area contributed by atoms with Gasteiger partial charge in [0.1, 0.15) is 12.7 Å². The fraction of sp³-hybridized carbons (Fsp3) is 0.487. The second kappa shape index (κ2) is 19.2. The van der Waals surface area contributed by atoms with Crippen molar-refractivity contribution in [1.29, 1.82) is 0 Å². The van der Waals surface area contributed by atoms with E-state index in [9.17, 15) is 19.2 Å². The van der Waals surface area contributed by atoms with Gasteiger partial charge < -0.3 is 50.3 Å². The van der Waals surface area contributed by atoms with Crippen molar-refractivity contribution in [3.05, 3.63) is 58.4 Å². The Labute approximate surface area is 331 Å². The molecule has 1 fully saturated rings. The second-order valence-electron chi connectivity index (χ2n) is 14.5. The first-order chi connectivity index (χ1) is 26.8. The van der Waals surface area contributed by atoms with Gasteiger partial charge in [-0.1, -0.05) is 13.8 Å².